The highest BCUT2D eigenvalue weighted by Gasteiger charge is 2.20. The topological polar surface area (TPSA) is 89.6 Å². The lowest BCUT2D eigenvalue weighted by atomic mass is 10.1. The van der Waals surface area contributed by atoms with Crippen LogP contribution in [0.5, 0.6) is 0 Å². The van der Waals surface area contributed by atoms with Gasteiger partial charge >= 0.3 is 0 Å². The number of nitrogens with zero attached hydrogens (tertiary/aromatic N) is 2. The molecule has 2 aromatic rings. The Morgan fingerprint density at radius 2 is 2.06 bits per heavy atom. The van der Waals surface area contributed by atoms with E-state index >= 15 is 0 Å². The summed E-state index contributed by atoms with van der Waals surface area (Å²) in [4.78, 5) is 10.1. The lowest BCUT2D eigenvalue weighted by Crippen LogP contribution is -2.49. The van der Waals surface area contributed by atoms with Gasteiger partial charge in [-0.15, -0.1) is 24.0 Å². The summed E-state index contributed by atoms with van der Waals surface area (Å²) in [6, 6.07) is 5.09. The lowest BCUT2D eigenvalue weighted by Gasteiger charge is -2.32. The maximum atomic E-state index is 13.5. The van der Waals surface area contributed by atoms with E-state index in [4.69, 9.17) is 4.99 Å². The standard InChI is InChI=1S/C21H32FN5O2S.HI/c1-3-23-21(26-18-7-10-27(11-8-18)12-13-30(2,28)29)24-9-6-16-15-25-20-5-4-17(22)14-19(16)20;/h4-5,14-15,18,25H,3,6-13H2,1-2H3,(H2,23,24,26);1H. The molecule has 2 heterocycles. The normalized spacial score (nSPS) is 16.3. The number of rotatable bonds is 8. The van der Waals surface area contributed by atoms with E-state index in [2.05, 4.69) is 20.5 Å². The van der Waals surface area contributed by atoms with Crippen molar-refractivity contribution in [2.45, 2.75) is 32.2 Å². The van der Waals surface area contributed by atoms with Gasteiger partial charge in [-0.3, -0.25) is 4.99 Å². The highest BCUT2D eigenvalue weighted by atomic mass is 127. The van der Waals surface area contributed by atoms with Gasteiger partial charge in [0.1, 0.15) is 15.7 Å². The molecule has 1 fully saturated rings. The number of aromatic amines is 1. The average molecular weight is 565 g/mol. The number of likely N-dealkylation sites (tertiary alicyclic amines) is 1. The summed E-state index contributed by atoms with van der Waals surface area (Å²) in [6.07, 6.45) is 5.84. The van der Waals surface area contributed by atoms with Crippen molar-refractivity contribution in [1.29, 1.82) is 0 Å². The predicted molar refractivity (Wildman–Crippen MR) is 136 cm³/mol. The van der Waals surface area contributed by atoms with Crippen molar-refractivity contribution in [3.63, 3.8) is 0 Å². The minimum atomic E-state index is -2.92. The van der Waals surface area contributed by atoms with Crippen LogP contribution < -0.4 is 10.6 Å². The van der Waals surface area contributed by atoms with E-state index in [1.807, 2.05) is 13.1 Å². The van der Waals surface area contributed by atoms with Gasteiger partial charge in [0.15, 0.2) is 5.96 Å². The molecule has 1 aromatic carbocycles. The van der Waals surface area contributed by atoms with Crippen molar-refractivity contribution in [2.24, 2.45) is 4.99 Å². The van der Waals surface area contributed by atoms with Gasteiger partial charge in [0.25, 0.3) is 0 Å². The predicted octanol–water partition coefficient (Wildman–Crippen LogP) is 2.53. The molecule has 0 saturated carbocycles. The lowest BCUT2D eigenvalue weighted by molar-refractivity contribution is 0.216. The average Bonchev–Trinajstić information content (AvgIpc) is 3.09. The molecule has 0 amide bonds. The second kappa shape index (κ2) is 12.0. The first-order valence-corrected chi connectivity index (χ1v) is 12.6. The summed E-state index contributed by atoms with van der Waals surface area (Å²) in [5, 5.41) is 7.70. The summed E-state index contributed by atoms with van der Waals surface area (Å²) >= 11 is 0. The van der Waals surface area contributed by atoms with Crippen molar-refractivity contribution in [2.75, 3.05) is 44.7 Å². The second-order valence-electron chi connectivity index (χ2n) is 7.90. The summed E-state index contributed by atoms with van der Waals surface area (Å²) < 4.78 is 36.2. The fourth-order valence-corrected chi connectivity index (χ4v) is 4.34. The molecule has 0 unspecified atom stereocenters. The minimum Gasteiger partial charge on any atom is -0.361 e. The zero-order valence-corrected chi connectivity index (χ0v) is 21.3. The summed E-state index contributed by atoms with van der Waals surface area (Å²) in [5.41, 5.74) is 1.99. The van der Waals surface area contributed by atoms with E-state index in [0.29, 0.717) is 19.1 Å². The van der Waals surface area contributed by atoms with Gasteiger partial charge in [-0.05, 0) is 49.9 Å². The van der Waals surface area contributed by atoms with Gasteiger partial charge in [-0.2, -0.15) is 0 Å². The zero-order chi connectivity index (χ0) is 21.6. The van der Waals surface area contributed by atoms with Crippen molar-refractivity contribution in [3.8, 4) is 0 Å². The molecule has 0 atom stereocenters. The number of halogens is 2. The number of piperidine rings is 1. The third-order valence-electron chi connectivity index (χ3n) is 5.43. The molecular formula is C21H33FIN5O2S. The summed E-state index contributed by atoms with van der Waals surface area (Å²) in [7, 11) is -2.92. The number of hydrogen-bond donors (Lipinski definition) is 3. The summed E-state index contributed by atoms with van der Waals surface area (Å²) in [6.45, 7) is 5.78. The van der Waals surface area contributed by atoms with E-state index in [1.165, 1.54) is 12.3 Å². The Balaban J connectivity index is 0.00000341. The summed E-state index contributed by atoms with van der Waals surface area (Å²) in [5.74, 6) is 0.773. The van der Waals surface area contributed by atoms with E-state index in [9.17, 15) is 12.8 Å². The Morgan fingerprint density at radius 1 is 1.32 bits per heavy atom. The highest BCUT2D eigenvalue weighted by Crippen LogP contribution is 2.19. The number of aliphatic imine (C=N–C) groups is 1. The van der Waals surface area contributed by atoms with Gasteiger partial charge < -0.3 is 20.5 Å². The van der Waals surface area contributed by atoms with Gasteiger partial charge in [0.2, 0.25) is 0 Å². The van der Waals surface area contributed by atoms with E-state index < -0.39 is 9.84 Å². The van der Waals surface area contributed by atoms with Gasteiger partial charge in [-0.25, -0.2) is 12.8 Å². The smallest absolute Gasteiger partial charge is 0.191 e. The number of sulfone groups is 1. The zero-order valence-electron chi connectivity index (χ0n) is 18.2. The van der Waals surface area contributed by atoms with Crippen LogP contribution in [0.1, 0.15) is 25.3 Å². The van der Waals surface area contributed by atoms with Crippen molar-refractivity contribution in [3.05, 3.63) is 35.8 Å². The van der Waals surface area contributed by atoms with Crippen molar-refractivity contribution >= 4 is 50.7 Å². The SMILES string of the molecule is CCNC(=NCCc1c[nH]c2ccc(F)cc12)NC1CCN(CCS(C)(=O)=O)CC1.I. The molecule has 0 radical (unpaired) electrons. The van der Waals surface area contributed by atoms with Crippen LogP contribution in [0, 0.1) is 5.82 Å². The molecule has 10 heteroatoms. The quantitative estimate of drug-likeness (QED) is 0.260. The Kier molecular flexibility index (Phi) is 10.0. The molecule has 3 rings (SSSR count). The molecule has 31 heavy (non-hydrogen) atoms. The fraction of sp³-hybridized carbons (Fsp3) is 0.571. The Morgan fingerprint density at radius 3 is 2.74 bits per heavy atom. The third-order valence-corrected chi connectivity index (χ3v) is 6.36. The molecule has 0 spiro atoms. The number of H-pyrrole nitrogens is 1. The van der Waals surface area contributed by atoms with Crippen molar-refractivity contribution in [1.82, 2.24) is 20.5 Å². The number of fused-ring (bicyclic) bond motifs is 1. The molecule has 174 valence electrons. The largest absolute Gasteiger partial charge is 0.361 e. The van der Waals surface area contributed by atoms with Crippen LogP contribution in [-0.2, 0) is 16.3 Å². The van der Waals surface area contributed by atoms with E-state index in [-0.39, 0.29) is 35.5 Å². The maximum absolute atomic E-state index is 13.5. The van der Waals surface area contributed by atoms with Gasteiger partial charge in [-0.1, -0.05) is 0 Å². The first-order valence-electron chi connectivity index (χ1n) is 10.5. The molecule has 1 aliphatic rings. The first kappa shape index (κ1) is 25.9. The van der Waals surface area contributed by atoms with Crippen molar-refractivity contribution < 1.29 is 12.8 Å². The van der Waals surface area contributed by atoms with Crippen LogP contribution in [0.3, 0.4) is 0 Å². The fourth-order valence-electron chi connectivity index (χ4n) is 3.75. The van der Waals surface area contributed by atoms with Crippen LogP contribution in [0.4, 0.5) is 4.39 Å². The Bertz CT molecular complexity index is 971. The number of benzene rings is 1. The molecule has 3 N–H and O–H groups in total. The molecule has 7 nitrogen and oxygen atoms in total. The number of nitrogens with one attached hydrogen (secondary N) is 3. The van der Waals surface area contributed by atoms with Crippen LogP contribution in [-0.4, -0.2) is 75.0 Å². The molecule has 0 bridgehead atoms. The first-order chi connectivity index (χ1) is 14.3. The van der Waals surface area contributed by atoms with E-state index in [1.54, 1.807) is 12.1 Å². The van der Waals surface area contributed by atoms with Crippen LogP contribution >= 0.6 is 24.0 Å². The Hall–Kier alpha value is -1.40. The van der Waals surface area contributed by atoms with Crippen LogP contribution in [0.2, 0.25) is 0 Å². The number of hydrogen-bond acceptors (Lipinski definition) is 4. The molecule has 1 aromatic heterocycles. The number of guanidine groups is 1. The highest BCUT2D eigenvalue weighted by molar-refractivity contribution is 14.0. The monoisotopic (exact) mass is 565 g/mol. The minimum absolute atomic E-state index is 0. The van der Waals surface area contributed by atoms with Crippen LogP contribution in [0.25, 0.3) is 10.9 Å². The van der Waals surface area contributed by atoms with E-state index in [0.717, 1.165) is 61.3 Å². The number of aromatic nitrogens is 1. The third kappa shape index (κ3) is 8.23. The van der Waals surface area contributed by atoms with Gasteiger partial charge in [0, 0.05) is 62.1 Å². The molecule has 1 aliphatic heterocycles. The molecule has 0 aliphatic carbocycles. The molecular weight excluding hydrogens is 532 g/mol. The maximum Gasteiger partial charge on any atom is 0.191 e. The molecule has 1 saturated heterocycles. The Labute approximate surface area is 201 Å². The van der Waals surface area contributed by atoms with Gasteiger partial charge in [0.05, 0.1) is 5.75 Å². The second-order valence-corrected chi connectivity index (χ2v) is 10.2. The van der Waals surface area contributed by atoms with Crippen LogP contribution in [0.15, 0.2) is 29.4 Å².